The highest BCUT2D eigenvalue weighted by Crippen LogP contribution is 2.22. The topological polar surface area (TPSA) is 41.6 Å². The molecule has 2 fully saturated rings. The van der Waals surface area contributed by atoms with Gasteiger partial charge in [-0.05, 0) is 51.6 Å². The Hall–Kier alpha value is -0.610. The predicted molar refractivity (Wildman–Crippen MR) is 89.9 cm³/mol. The van der Waals surface area contributed by atoms with Crippen LogP contribution in [0.2, 0.25) is 0 Å². The van der Waals surface area contributed by atoms with Gasteiger partial charge in [0.05, 0.1) is 6.10 Å². The summed E-state index contributed by atoms with van der Waals surface area (Å²) >= 11 is 0. The van der Waals surface area contributed by atoms with Crippen LogP contribution in [0.15, 0.2) is 0 Å². The van der Waals surface area contributed by atoms with Crippen molar-refractivity contribution in [3.63, 3.8) is 0 Å². The molecular weight excluding hydrogens is 276 g/mol. The minimum atomic E-state index is -0.270. The fourth-order valence-corrected chi connectivity index (χ4v) is 3.69. The molecule has 0 aromatic carbocycles. The summed E-state index contributed by atoms with van der Waals surface area (Å²) in [5, 5.41) is 3.42. The summed E-state index contributed by atoms with van der Waals surface area (Å²) in [4.78, 5) is 14.6. The molecule has 2 rings (SSSR count). The van der Waals surface area contributed by atoms with Crippen molar-refractivity contribution in [3.8, 4) is 0 Å². The molecule has 0 bridgehead atoms. The SMILES string of the molecule is CCNCC1CCN(C(=O)C(C)OC2CCCCCC2)CC1. The van der Waals surface area contributed by atoms with Gasteiger partial charge in [-0.1, -0.05) is 32.6 Å². The molecule has 1 atom stereocenters. The molecule has 4 nitrogen and oxygen atoms in total. The Balaban J connectivity index is 1.71. The number of hydrogen-bond donors (Lipinski definition) is 1. The zero-order valence-electron chi connectivity index (χ0n) is 14.5. The molecule has 1 N–H and O–H groups in total. The van der Waals surface area contributed by atoms with E-state index in [4.69, 9.17) is 4.74 Å². The number of hydrogen-bond acceptors (Lipinski definition) is 3. The Labute approximate surface area is 136 Å². The van der Waals surface area contributed by atoms with Crippen molar-refractivity contribution in [1.82, 2.24) is 10.2 Å². The highest BCUT2D eigenvalue weighted by Gasteiger charge is 2.28. The molecule has 1 saturated carbocycles. The molecule has 0 aromatic heterocycles. The van der Waals surface area contributed by atoms with E-state index in [0.717, 1.165) is 57.8 Å². The largest absolute Gasteiger partial charge is 0.365 e. The maximum absolute atomic E-state index is 12.6. The van der Waals surface area contributed by atoms with Crippen LogP contribution in [0, 0.1) is 5.92 Å². The molecule has 1 aliphatic carbocycles. The molecule has 0 aromatic rings. The monoisotopic (exact) mass is 310 g/mol. The van der Waals surface area contributed by atoms with Gasteiger partial charge in [0.1, 0.15) is 6.10 Å². The molecule has 4 heteroatoms. The quantitative estimate of drug-likeness (QED) is 0.767. The zero-order valence-corrected chi connectivity index (χ0v) is 14.5. The number of amides is 1. The number of carbonyl (C=O) groups excluding carboxylic acids is 1. The lowest BCUT2D eigenvalue weighted by molar-refractivity contribution is -0.148. The summed E-state index contributed by atoms with van der Waals surface area (Å²) in [5.41, 5.74) is 0. The van der Waals surface area contributed by atoms with E-state index in [2.05, 4.69) is 12.2 Å². The average molecular weight is 310 g/mol. The van der Waals surface area contributed by atoms with E-state index in [1.807, 2.05) is 11.8 Å². The Morgan fingerprint density at radius 2 is 1.77 bits per heavy atom. The third-order valence-electron chi connectivity index (χ3n) is 5.16. The lowest BCUT2D eigenvalue weighted by Crippen LogP contribution is -2.45. The summed E-state index contributed by atoms with van der Waals surface area (Å²) < 4.78 is 6.07. The predicted octanol–water partition coefficient (Wildman–Crippen LogP) is 2.96. The molecular formula is C18H34N2O2. The first-order chi connectivity index (χ1) is 10.7. The molecule has 1 aliphatic heterocycles. The van der Waals surface area contributed by atoms with Gasteiger partial charge in [-0.25, -0.2) is 0 Å². The molecule has 1 saturated heterocycles. The second-order valence-corrected chi connectivity index (χ2v) is 6.97. The van der Waals surface area contributed by atoms with E-state index in [-0.39, 0.29) is 12.0 Å². The van der Waals surface area contributed by atoms with E-state index in [1.165, 1.54) is 25.7 Å². The van der Waals surface area contributed by atoms with Crippen LogP contribution in [0.4, 0.5) is 0 Å². The number of nitrogens with one attached hydrogen (secondary N) is 1. The smallest absolute Gasteiger partial charge is 0.251 e. The molecule has 1 heterocycles. The summed E-state index contributed by atoms with van der Waals surface area (Å²) in [5.74, 6) is 0.924. The summed E-state index contributed by atoms with van der Waals surface area (Å²) in [6.45, 7) is 8.00. The summed E-state index contributed by atoms with van der Waals surface area (Å²) in [6.07, 6.45) is 9.67. The summed E-state index contributed by atoms with van der Waals surface area (Å²) in [7, 11) is 0. The summed E-state index contributed by atoms with van der Waals surface area (Å²) in [6, 6.07) is 0. The third-order valence-corrected chi connectivity index (χ3v) is 5.16. The fourth-order valence-electron chi connectivity index (χ4n) is 3.69. The Kier molecular flexibility index (Phi) is 7.67. The van der Waals surface area contributed by atoms with Crippen LogP contribution in [0.3, 0.4) is 0 Å². The molecule has 2 aliphatic rings. The van der Waals surface area contributed by atoms with Crippen molar-refractivity contribution >= 4 is 5.91 Å². The van der Waals surface area contributed by atoms with Gasteiger partial charge in [-0.15, -0.1) is 0 Å². The van der Waals surface area contributed by atoms with Gasteiger partial charge >= 0.3 is 0 Å². The van der Waals surface area contributed by atoms with Gasteiger partial charge in [-0.3, -0.25) is 4.79 Å². The van der Waals surface area contributed by atoms with Crippen molar-refractivity contribution in [2.75, 3.05) is 26.2 Å². The minimum absolute atomic E-state index is 0.200. The number of rotatable bonds is 6. The maximum atomic E-state index is 12.6. The van der Waals surface area contributed by atoms with Gasteiger partial charge < -0.3 is 15.0 Å². The minimum Gasteiger partial charge on any atom is -0.365 e. The number of piperidine rings is 1. The first-order valence-corrected chi connectivity index (χ1v) is 9.35. The standard InChI is InChI=1S/C18H34N2O2/c1-3-19-14-16-10-12-20(13-11-16)18(21)15(2)22-17-8-6-4-5-7-9-17/h15-17,19H,3-14H2,1-2H3. The lowest BCUT2D eigenvalue weighted by Gasteiger charge is -2.34. The number of likely N-dealkylation sites (tertiary alicyclic amines) is 1. The Bertz CT molecular complexity index is 319. The normalized spacial score (nSPS) is 23.3. The van der Waals surface area contributed by atoms with Crippen molar-refractivity contribution in [3.05, 3.63) is 0 Å². The van der Waals surface area contributed by atoms with E-state index >= 15 is 0 Å². The van der Waals surface area contributed by atoms with Crippen LogP contribution in [0.5, 0.6) is 0 Å². The average Bonchev–Trinajstić information content (AvgIpc) is 2.81. The van der Waals surface area contributed by atoms with E-state index in [1.54, 1.807) is 0 Å². The van der Waals surface area contributed by atoms with E-state index < -0.39 is 0 Å². The van der Waals surface area contributed by atoms with Crippen LogP contribution in [-0.2, 0) is 9.53 Å². The highest BCUT2D eigenvalue weighted by molar-refractivity contribution is 5.80. The van der Waals surface area contributed by atoms with Crippen LogP contribution in [-0.4, -0.2) is 49.2 Å². The lowest BCUT2D eigenvalue weighted by atomic mass is 9.96. The fraction of sp³-hybridized carbons (Fsp3) is 0.944. The van der Waals surface area contributed by atoms with Gasteiger partial charge in [-0.2, -0.15) is 0 Å². The number of nitrogens with zero attached hydrogens (tertiary/aromatic N) is 1. The maximum Gasteiger partial charge on any atom is 0.251 e. The molecule has 1 amide bonds. The molecule has 22 heavy (non-hydrogen) atoms. The Morgan fingerprint density at radius 1 is 1.14 bits per heavy atom. The first kappa shape index (κ1) is 17.7. The van der Waals surface area contributed by atoms with E-state index in [0.29, 0.717) is 6.10 Å². The van der Waals surface area contributed by atoms with Gasteiger partial charge in [0.15, 0.2) is 0 Å². The van der Waals surface area contributed by atoms with Crippen molar-refractivity contribution in [1.29, 1.82) is 0 Å². The molecule has 0 spiro atoms. The van der Waals surface area contributed by atoms with Gasteiger partial charge in [0.2, 0.25) is 0 Å². The number of ether oxygens (including phenoxy) is 1. The van der Waals surface area contributed by atoms with Crippen LogP contribution >= 0.6 is 0 Å². The van der Waals surface area contributed by atoms with Crippen LogP contribution < -0.4 is 5.32 Å². The van der Waals surface area contributed by atoms with Crippen LogP contribution in [0.1, 0.15) is 65.2 Å². The van der Waals surface area contributed by atoms with Gasteiger partial charge in [0.25, 0.3) is 5.91 Å². The zero-order chi connectivity index (χ0) is 15.8. The van der Waals surface area contributed by atoms with Crippen LogP contribution in [0.25, 0.3) is 0 Å². The van der Waals surface area contributed by atoms with E-state index in [9.17, 15) is 4.79 Å². The van der Waals surface area contributed by atoms with Crippen molar-refractivity contribution < 1.29 is 9.53 Å². The highest BCUT2D eigenvalue weighted by atomic mass is 16.5. The second kappa shape index (κ2) is 9.51. The molecule has 1 unspecified atom stereocenters. The van der Waals surface area contributed by atoms with Gasteiger partial charge in [0, 0.05) is 13.1 Å². The number of carbonyl (C=O) groups is 1. The molecule has 128 valence electrons. The van der Waals surface area contributed by atoms with Crippen molar-refractivity contribution in [2.45, 2.75) is 77.4 Å². The third kappa shape index (κ3) is 5.54. The first-order valence-electron chi connectivity index (χ1n) is 9.35. The van der Waals surface area contributed by atoms with Crippen molar-refractivity contribution in [2.24, 2.45) is 5.92 Å². The second-order valence-electron chi connectivity index (χ2n) is 6.97. The molecule has 0 radical (unpaired) electrons. The Morgan fingerprint density at radius 3 is 2.36 bits per heavy atom.